The van der Waals surface area contributed by atoms with E-state index < -0.39 is 0 Å². The van der Waals surface area contributed by atoms with Crippen molar-refractivity contribution >= 4 is 43.6 Å². The van der Waals surface area contributed by atoms with Crippen molar-refractivity contribution < 1.29 is 13.9 Å². The van der Waals surface area contributed by atoms with E-state index in [1.54, 1.807) is 15.6 Å². The Morgan fingerprint density at radius 3 is 2.88 bits per heavy atom. The Kier molecular flexibility index (Phi) is 6.06. The second-order valence-electron chi connectivity index (χ2n) is 7.70. The summed E-state index contributed by atoms with van der Waals surface area (Å²) in [5, 5.41) is 8.86. The highest BCUT2D eigenvalue weighted by molar-refractivity contribution is 7.22. The molecule has 0 N–H and O–H groups in total. The van der Waals surface area contributed by atoms with Crippen LogP contribution in [0, 0.1) is 5.82 Å². The second-order valence-corrected chi connectivity index (χ2v) is 8.71. The fourth-order valence-corrected chi connectivity index (χ4v) is 4.89. The van der Waals surface area contributed by atoms with Crippen molar-refractivity contribution in [2.24, 2.45) is 0 Å². The van der Waals surface area contributed by atoms with Crippen LogP contribution in [0.25, 0.3) is 21.3 Å². The number of fused-ring (bicyclic) bond motifs is 2. The van der Waals surface area contributed by atoms with E-state index in [9.17, 15) is 9.18 Å². The van der Waals surface area contributed by atoms with Crippen molar-refractivity contribution in [3.8, 4) is 0 Å². The minimum Gasteiger partial charge on any atom is -0.379 e. The molecule has 166 valence electrons. The third-order valence-corrected chi connectivity index (χ3v) is 6.58. The average molecular weight is 455 g/mol. The van der Waals surface area contributed by atoms with Crippen LogP contribution in [-0.2, 0) is 16.1 Å². The average Bonchev–Trinajstić information content (AvgIpc) is 3.41. The molecule has 1 aliphatic heterocycles. The van der Waals surface area contributed by atoms with Crippen LogP contribution in [0.2, 0.25) is 0 Å². The Labute approximate surface area is 188 Å². The van der Waals surface area contributed by atoms with Crippen LogP contribution in [0.1, 0.15) is 6.42 Å². The Hall–Kier alpha value is -2.95. The minimum absolute atomic E-state index is 0.0579. The van der Waals surface area contributed by atoms with Crippen LogP contribution in [0.3, 0.4) is 0 Å². The summed E-state index contributed by atoms with van der Waals surface area (Å²) < 4.78 is 21.4. The number of aromatic nitrogens is 4. The Bertz CT molecular complexity index is 1240. The van der Waals surface area contributed by atoms with Crippen molar-refractivity contribution in [1.82, 2.24) is 24.9 Å². The van der Waals surface area contributed by atoms with Crippen molar-refractivity contribution in [3.63, 3.8) is 0 Å². The first kappa shape index (κ1) is 20.9. The van der Waals surface area contributed by atoms with E-state index in [-0.39, 0.29) is 18.3 Å². The fraction of sp³-hybridized carbons (Fsp3) is 0.364. The predicted molar refractivity (Wildman–Crippen MR) is 121 cm³/mol. The second kappa shape index (κ2) is 9.27. The topological polar surface area (TPSA) is 76.4 Å². The van der Waals surface area contributed by atoms with Gasteiger partial charge in [-0.05, 0) is 36.8 Å². The first-order valence-corrected chi connectivity index (χ1v) is 11.4. The summed E-state index contributed by atoms with van der Waals surface area (Å²) in [6.45, 7) is 4.74. The van der Waals surface area contributed by atoms with Crippen LogP contribution in [0.4, 0.5) is 9.52 Å². The SMILES string of the molecule is O=C(Cn1nnc2ccccc21)N(CCCN1CCOCC1)c1nc2ccc(F)cc2s1. The maximum atomic E-state index is 13.7. The van der Waals surface area contributed by atoms with Gasteiger partial charge in [0.15, 0.2) is 5.13 Å². The molecule has 0 radical (unpaired) electrons. The van der Waals surface area contributed by atoms with E-state index in [4.69, 9.17) is 4.74 Å². The van der Waals surface area contributed by atoms with Crippen LogP contribution in [-0.4, -0.2) is 70.2 Å². The molecule has 4 aromatic rings. The first-order valence-electron chi connectivity index (χ1n) is 10.6. The van der Waals surface area contributed by atoms with E-state index in [0.29, 0.717) is 17.2 Å². The first-order chi connectivity index (χ1) is 15.7. The van der Waals surface area contributed by atoms with Gasteiger partial charge in [-0.1, -0.05) is 28.7 Å². The summed E-state index contributed by atoms with van der Waals surface area (Å²) >= 11 is 1.33. The van der Waals surface area contributed by atoms with Gasteiger partial charge in [0.05, 0.1) is 28.9 Å². The molecule has 1 saturated heterocycles. The number of hydrogen-bond donors (Lipinski definition) is 0. The van der Waals surface area contributed by atoms with Crippen LogP contribution in [0.15, 0.2) is 42.5 Å². The summed E-state index contributed by atoms with van der Waals surface area (Å²) in [6.07, 6.45) is 0.800. The number of anilines is 1. The van der Waals surface area contributed by atoms with E-state index in [2.05, 4.69) is 20.2 Å². The van der Waals surface area contributed by atoms with Crippen LogP contribution in [0.5, 0.6) is 0 Å². The zero-order valence-electron chi connectivity index (χ0n) is 17.5. The van der Waals surface area contributed by atoms with Gasteiger partial charge in [-0.15, -0.1) is 5.10 Å². The number of nitrogens with zero attached hydrogens (tertiary/aromatic N) is 6. The van der Waals surface area contributed by atoms with Gasteiger partial charge in [0.2, 0.25) is 0 Å². The molecule has 0 bridgehead atoms. The number of halogens is 1. The number of ether oxygens (including phenoxy) is 1. The Morgan fingerprint density at radius 2 is 2.00 bits per heavy atom. The normalized spacial score (nSPS) is 14.9. The van der Waals surface area contributed by atoms with E-state index in [0.717, 1.165) is 55.0 Å². The fourth-order valence-electron chi connectivity index (χ4n) is 3.85. The lowest BCUT2D eigenvalue weighted by molar-refractivity contribution is -0.119. The summed E-state index contributed by atoms with van der Waals surface area (Å²) in [5.74, 6) is -0.436. The van der Waals surface area contributed by atoms with Crippen LogP contribution >= 0.6 is 11.3 Å². The number of para-hydroxylation sites is 1. The molecule has 2 aromatic carbocycles. The Morgan fingerprint density at radius 1 is 1.16 bits per heavy atom. The van der Waals surface area contributed by atoms with E-state index in [1.807, 2.05) is 24.3 Å². The smallest absolute Gasteiger partial charge is 0.250 e. The number of rotatable bonds is 7. The lowest BCUT2D eigenvalue weighted by Gasteiger charge is -2.27. The molecular weight excluding hydrogens is 431 g/mol. The molecule has 10 heteroatoms. The molecule has 0 spiro atoms. The zero-order chi connectivity index (χ0) is 21.9. The summed E-state index contributed by atoms with van der Waals surface area (Å²) in [4.78, 5) is 22.0. The van der Waals surface area contributed by atoms with Gasteiger partial charge in [0.1, 0.15) is 17.9 Å². The molecule has 2 aromatic heterocycles. The molecule has 32 heavy (non-hydrogen) atoms. The third-order valence-electron chi connectivity index (χ3n) is 5.54. The number of carbonyl (C=O) groups excluding carboxylic acids is 1. The molecule has 1 amide bonds. The summed E-state index contributed by atoms with van der Waals surface area (Å²) in [5.41, 5.74) is 2.23. The third kappa shape index (κ3) is 4.47. The Balaban J connectivity index is 1.37. The molecule has 0 unspecified atom stereocenters. The minimum atomic E-state index is -0.313. The van der Waals surface area contributed by atoms with Crippen LogP contribution < -0.4 is 4.90 Å². The maximum Gasteiger partial charge on any atom is 0.250 e. The molecule has 0 saturated carbocycles. The van der Waals surface area contributed by atoms with Crippen molar-refractivity contribution in [3.05, 3.63) is 48.3 Å². The van der Waals surface area contributed by atoms with E-state index in [1.165, 1.54) is 23.5 Å². The molecule has 0 aliphatic carbocycles. The van der Waals surface area contributed by atoms with Gasteiger partial charge in [-0.3, -0.25) is 14.6 Å². The van der Waals surface area contributed by atoms with Gasteiger partial charge < -0.3 is 4.74 Å². The highest BCUT2D eigenvalue weighted by atomic mass is 32.1. The van der Waals surface area contributed by atoms with E-state index >= 15 is 0 Å². The van der Waals surface area contributed by atoms with Crippen molar-refractivity contribution in [2.45, 2.75) is 13.0 Å². The monoisotopic (exact) mass is 454 g/mol. The molecule has 1 aliphatic rings. The summed E-state index contributed by atoms with van der Waals surface area (Å²) in [6, 6.07) is 12.0. The number of hydrogen-bond acceptors (Lipinski definition) is 7. The lowest BCUT2D eigenvalue weighted by Crippen LogP contribution is -2.40. The predicted octanol–water partition coefficient (Wildman–Crippen LogP) is 2.94. The lowest BCUT2D eigenvalue weighted by atomic mass is 10.3. The van der Waals surface area contributed by atoms with Crippen molar-refractivity contribution in [1.29, 1.82) is 0 Å². The molecule has 0 atom stereocenters. The standard InChI is InChI=1S/C22H23FN6O2S/c23-16-6-7-18-20(14-16)32-22(24-18)28(9-3-8-27-10-12-31-13-11-27)21(30)15-29-19-5-2-1-4-17(19)25-26-29/h1-2,4-7,14H,3,8-13,15H2. The summed E-state index contributed by atoms with van der Waals surface area (Å²) in [7, 11) is 0. The zero-order valence-corrected chi connectivity index (χ0v) is 18.3. The maximum absolute atomic E-state index is 13.7. The molecule has 8 nitrogen and oxygen atoms in total. The molecular formula is C22H23FN6O2S. The largest absolute Gasteiger partial charge is 0.379 e. The quantitative estimate of drug-likeness (QED) is 0.427. The van der Waals surface area contributed by atoms with Crippen molar-refractivity contribution in [2.75, 3.05) is 44.3 Å². The number of morpholine rings is 1. The highest BCUT2D eigenvalue weighted by Gasteiger charge is 2.22. The highest BCUT2D eigenvalue weighted by Crippen LogP contribution is 2.30. The van der Waals surface area contributed by atoms with Gasteiger partial charge in [0, 0.05) is 26.2 Å². The number of benzene rings is 2. The molecule has 5 rings (SSSR count). The van der Waals surface area contributed by atoms with Gasteiger partial charge in [-0.25, -0.2) is 14.1 Å². The molecule has 3 heterocycles. The van der Waals surface area contributed by atoms with Gasteiger partial charge >= 0.3 is 0 Å². The molecule has 1 fully saturated rings. The number of carbonyl (C=O) groups is 1. The number of thiazole rings is 1. The van der Waals surface area contributed by atoms with Gasteiger partial charge in [-0.2, -0.15) is 0 Å². The van der Waals surface area contributed by atoms with Gasteiger partial charge in [0.25, 0.3) is 5.91 Å². The number of amides is 1.